The fourth-order valence-electron chi connectivity index (χ4n) is 1.70. The molecular weight excluding hydrogens is 294 g/mol. The lowest BCUT2D eigenvalue weighted by Crippen LogP contribution is -2.22. The minimum absolute atomic E-state index is 0.0669. The van der Waals surface area contributed by atoms with Gasteiger partial charge in [0.25, 0.3) is 0 Å². The highest BCUT2D eigenvalue weighted by Crippen LogP contribution is 2.22. The quantitative estimate of drug-likeness (QED) is 0.922. The van der Waals surface area contributed by atoms with Gasteiger partial charge in [0.15, 0.2) is 5.13 Å². The van der Waals surface area contributed by atoms with Crippen LogP contribution >= 0.6 is 11.3 Å². The monoisotopic (exact) mass is 311 g/mol. The van der Waals surface area contributed by atoms with Crippen LogP contribution in [0.5, 0.6) is 0 Å². The summed E-state index contributed by atoms with van der Waals surface area (Å²) < 4.78 is 25.2. The van der Waals surface area contributed by atoms with E-state index in [0.717, 1.165) is 10.7 Å². The SMILES string of the molecule is CC(Nc1nccs1)c1ccc(S(=O)(=O)N(C)C)cc1. The molecule has 0 aliphatic carbocycles. The minimum atomic E-state index is -3.37. The van der Waals surface area contributed by atoms with Crippen LogP contribution in [0, 0.1) is 0 Å². The molecule has 1 unspecified atom stereocenters. The fraction of sp³-hybridized carbons (Fsp3) is 0.308. The first-order valence-corrected chi connectivity index (χ1v) is 8.42. The van der Waals surface area contributed by atoms with E-state index in [9.17, 15) is 8.42 Å². The Morgan fingerprint density at radius 2 is 1.90 bits per heavy atom. The number of nitrogens with one attached hydrogen (secondary N) is 1. The topological polar surface area (TPSA) is 62.3 Å². The highest BCUT2D eigenvalue weighted by Gasteiger charge is 2.17. The van der Waals surface area contributed by atoms with Gasteiger partial charge in [-0.1, -0.05) is 12.1 Å². The summed E-state index contributed by atoms with van der Waals surface area (Å²) in [6.45, 7) is 2.01. The van der Waals surface area contributed by atoms with E-state index in [0.29, 0.717) is 4.90 Å². The van der Waals surface area contributed by atoms with Crippen molar-refractivity contribution in [2.75, 3.05) is 19.4 Å². The van der Waals surface area contributed by atoms with Crippen molar-refractivity contribution in [3.05, 3.63) is 41.4 Å². The predicted molar refractivity (Wildman–Crippen MR) is 81.5 cm³/mol. The molecule has 2 rings (SSSR count). The molecule has 0 aliphatic rings. The zero-order chi connectivity index (χ0) is 14.8. The van der Waals surface area contributed by atoms with Gasteiger partial charge < -0.3 is 5.32 Å². The smallest absolute Gasteiger partial charge is 0.242 e. The third-order valence-electron chi connectivity index (χ3n) is 2.93. The van der Waals surface area contributed by atoms with Crippen molar-refractivity contribution in [2.45, 2.75) is 17.9 Å². The van der Waals surface area contributed by atoms with E-state index in [1.165, 1.54) is 29.7 Å². The maximum Gasteiger partial charge on any atom is 0.242 e. The van der Waals surface area contributed by atoms with Crippen LogP contribution in [-0.4, -0.2) is 31.8 Å². The average molecular weight is 311 g/mol. The van der Waals surface area contributed by atoms with Crippen molar-refractivity contribution in [3.63, 3.8) is 0 Å². The van der Waals surface area contributed by atoms with Gasteiger partial charge in [-0.15, -0.1) is 11.3 Å². The zero-order valence-corrected chi connectivity index (χ0v) is 13.2. The summed E-state index contributed by atoms with van der Waals surface area (Å²) in [7, 11) is -0.319. The second kappa shape index (κ2) is 5.90. The van der Waals surface area contributed by atoms with Crippen molar-refractivity contribution in [1.29, 1.82) is 0 Å². The van der Waals surface area contributed by atoms with Crippen molar-refractivity contribution in [2.24, 2.45) is 0 Å². The van der Waals surface area contributed by atoms with Crippen molar-refractivity contribution >= 4 is 26.5 Å². The third kappa shape index (κ3) is 3.17. The lowest BCUT2D eigenvalue weighted by atomic mass is 10.1. The summed E-state index contributed by atoms with van der Waals surface area (Å²) in [6.07, 6.45) is 1.74. The van der Waals surface area contributed by atoms with Gasteiger partial charge in [-0.05, 0) is 24.6 Å². The first-order valence-electron chi connectivity index (χ1n) is 6.10. The Bertz CT molecular complexity index is 649. The van der Waals surface area contributed by atoms with Gasteiger partial charge in [0.1, 0.15) is 0 Å². The molecule has 108 valence electrons. The number of hydrogen-bond acceptors (Lipinski definition) is 5. The van der Waals surface area contributed by atoms with E-state index in [-0.39, 0.29) is 6.04 Å². The number of aromatic nitrogens is 1. The molecule has 0 fully saturated rings. The largest absolute Gasteiger partial charge is 0.355 e. The number of hydrogen-bond donors (Lipinski definition) is 1. The van der Waals surface area contributed by atoms with E-state index in [1.807, 2.05) is 24.4 Å². The summed E-state index contributed by atoms with van der Waals surface area (Å²) in [5.74, 6) is 0. The molecule has 7 heteroatoms. The Hall–Kier alpha value is -1.44. The number of sulfonamides is 1. The molecule has 0 aliphatic heterocycles. The summed E-state index contributed by atoms with van der Waals surface area (Å²) in [4.78, 5) is 4.47. The molecule has 0 bridgehead atoms. The molecule has 1 aromatic heterocycles. The van der Waals surface area contributed by atoms with Crippen LogP contribution in [0.2, 0.25) is 0 Å². The molecule has 20 heavy (non-hydrogen) atoms. The second-order valence-electron chi connectivity index (χ2n) is 4.56. The molecule has 1 atom stereocenters. The van der Waals surface area contributed by atoms with Gasteiger partial charge in [-0.2, -0.15) is 0 Å². The first-order chi connectivity index (χ1) is 9.41. The standard InChI is InChI=1S/C13H17N3O2S2/c1-10(15-13-14-8-9-19-13)11-4-6-12(7-5-11)20(17,18)16(2)3/h4-10H,1-3H3,(H,14,15). The number of benzene rings is 1. The average Bonchev–Trinajstić information content (AvgIpc) is 2.91. The van der Waals surface area contributed by atoms with E-state index >= 15 is 0 Å². The van der Waals surface area contributed by atoms with Crippen LogP contribution in [0.25, 0.3) is 0 Å². The van der Waals surface area contributed by atoms with Crippen LogP contribution in [0.15, 0.2) is 40.7 Å². The van der Waals surface area contributed by atoms with Crippen LogP contribution in [0.1, 0.15) is 18.5 Å². The molecule has 1 aromatic carbocycles. The van der Waals surface area contributed by atoms with Gasteiger partial charge in [0.05, 0.1) is 10.9 Å². The molecule has 0 saturated carbocycles. The van der Waals surface area contributed by atoms with Crippen LogP contribution in [0.4, 0.5) is 5.13 Å². The predicted octanol–water partition coefficient (Wildman–Crippen LogP) is 2.57. The lowest BCUT2D eigenvalue weighted by molar-refractivity contribution is 0.520. The molecule has 1 heterocycles. The van der Waals surface area contributed by atoms with Crippen molar-refractivity contribution < 1.29 is 8.42 Å². The lowest BCUT2D eigenvalue weighted by Gasteiger charge is -2.15. The normalized spacial score (nSPS) is 13.4. The Kier molecular flexibility index (Phi) is 4.42. The molecule has 0 saturated heterocycles. The van der Waals surface area contributed by atoms with E-state index < -0.39 is 10.0 Å². The minimum Gasteiger partial charge on any atom is -0.355 e. The number of rotatable bonds is 5. The molecular formula is C13H17N3O2S2. The van der Waals surface area contributed by atoms with E-state index in [4.69, 9.17) is 0 Å². The van der Waals surface area contributed by atoms with Gasteiger partial charge in [0, 0.05) is 25.7 Å². The molecule has 2 aromatic rings. The van der Waals surface area contributed by atoms with Crippen molar-refractivity contribution in [1.82, 2.24) is 9.29 Å². The third-order valence-corrected chi connectivity index (χ3v) is 5.46. The number of anilines is 1. The Morgan fingerprint density at radius 1 is 1.25 bits per heavy atom. The number of nitrogens with zero attached hydrogens (tertiary/aromatic N) is 2. The van der Waals surface area contributed by atoms with Gasteiger partial charge in [0.2, 0.25) is 10.0 Å². The second-order valence-corrected chi connectivity index (χ2v) is 7.61. The Balaban J connectivity index is 2.16. The summed E-state index contributed by atoms with van der Waals surface area (Å²) in [6, 6.07) is 6.97. The Morgan fingerprint density at radius 3 is 2.40 bits per heavy atom. The summed E-state index contributed by atoms with van der Waals surface area (Å²) in [5, 5.41) is 6.02. The first kappa shape index (κ1) is 15.0. The molecule has 1 N–H and O–H groups in total. The molecule has 5 nitrogen and oxygen atoms in total. The zero-order valence-electron chi connectivity index (χ0n) is 11.6. The maximum absolute atomic E-state index is 12.0. The van der Waals surface area contributed by atoms with Crippen LogP contribution in [-0.2, 0) is 10.0 Å². The van der Waals surface area contributed by atoms with Crippen molar-refractivity contribution in [3.8, 4) is 0 Å². The highest BCUT2D eigenvalue weighted by molar-refractivity contribution is 7.89. The van der Waals surface area contributed by atoms with Crippen LogP contribution < -0.4 is 5.32 Å². The molecule has 0 amide bonds. The van der Waals surface area contributed by atoms with E-state index in [2.05, 4.69) is 10.3 Å². The Labute approximate surface area is 123 Å². The highest BCUT2D eigenvalue weighted by atomic mass is 32.2. The summed E-state index contributed by atoms with van der Waals surface area (Å²) >= 11 is 1.53. The van der Waals surface area contributed by atoms with Gasteiger partial charge in [-0.25, -0.2) is 17.7 Å². The molecule has 0 spiro atoms. The fourth-order valence-corrected chi connectivity index (χ4v) is 3.22. The maximum atomic E-state index is 12.0. The molecule has 0 radical (unpaired) electrons. The number of thiazole rings is 1. The van der Waals surface area contributed by atoms with Gasteiger partial charge in [-0.3, -0.25) is 0 Å². The van der Waals surface area contributed by atoms with Gasteiger partial charge >= 0.3 is 0 Å². The van der Waals surface area contributed by atoms with E-state index in [1.54, 1.807) is 18.3 Å². The van der Waals surface area contributed by atoms with Crippen LogP contribution in [0.3, 0.4) is 0 Å². The summed E-state index contributed by atoms with van der Waals surface area (Å²) in [5.41, 5.74) is 1.01.